The molecule has 1 aliphatic carbocycles. The SMILES string of the molecule is CCOC1CC(NCc2ccc3[nH]ccc3c2)C1(C)C. The zero-order chi connectivity index (χ0) is 14.2. The van der Waals surface area contributed by atoms with Crippen LogP contribution in [0.25, 0.3) is 10.9 Å². The van der Waals surface area contributed by atoms with Crippen molar-refractivity contribution >= 4 is 10.9 Å². The summed E-state index contributed by atoms with van der Waals surface area (Å²) in [5, 5.41) is 4.96. The van der Waals surface area contributed by atoms with Crippen molar-refractivity contribution in [3.8, 4) is 0 Å². The van der Waals surface area contributed by atoms with Gasteiger partial charge in [-0.25, -0.2) is 0 Å². The van der Waals surface area contributed by atoms with Gasteiger partial charge in [0, 0.05) is 36.3 Å². The lowest BCUT2D eigenvalue weighted by Crippen LogP contribution is -2.60. The quantitative estimate of drug-likeness (QED) is 0.874. The highest BCUT2D eigenvalue weighted by Gasteiger charge is 2.48. The maximum absolute atomic E-state index is 5.78. The molecule has 2 aromatic rings. The van der Waals surface area contributed by atoms with Gasteiger partial charge >= 0.3 is 0 Å². The summed E-state index contributed by atoms with van der Waals surface area (Å²) in [4.78, 5) is 3.23. The number of benzene rings is 1. The second-order valence-corrected chi connectivity index (χ2v) is 6.33. The number of hydrogen-bond donors (Lipinski definition) is 2. The molecular weight excluding hydrogens is 248 g/mol. The molecule has 0 saturated heterocycles. The molecule has 2 atom stereocenters. The molecular formula is C17H24N2O. The van der Waals surface area contributed by atoms with Gasteiger partial charge in [-0.1, -0.05) is 19.9 Å². The second kappa shape index (κ2) is 5.23. The molecule has 1 aromatic carbocycles. The summed E-state index contributed by atoms with van der Waals surface area (Å²) in [5.74, 6) is 0. The van der Waals surface area contributed by atoms with E-state index < -0.39 is 0 Å². The average molecular weight is 272 g/mol. The fourth-order valence-electron chi connectivity index (χ4n) is 3.17. The monoisotopic (exact) mass is 272 g/mol. The number of hydrogen-bond acceptors (Lipinski definition) is 2. The van der Waals surface area contributed by atoms with Crippen LogP contribution < -0.4 is 5.32 Å². The van der Waals surface area contributed by atoms with Gasteiger partial charge in [0.15, 0.2) is 0 Å². The van der Waals surface area contributed by atoms with E-state index in [1.54, 1.807) is 0 Å². The van der Waals surface area contributed by atoms with E-state index in [0.717, 1.165) is 19.6 Å². The summed E-state index contributed by atoms with van der Waals surface area (Å²) in [6.45, 7) is 8.40. The normalized spacial score (nSPS) is 24.8. The van der Waals surface area contributed by atoms with Gasteiger partial charge < -0.3 is 15.0 Å². The first-order chi connectivity index (χ1) is 9.61. The fraction of sp³-hybridized carbons (Fsp3) is 0.529. The highest BCUT2D eigenvalue weighted by atomic mass is 16.5. The largest absolute Gasteiger partial charge is 0.378 e. The molecule has 3 nitrogen and oxygen atoms in total. The van der Waals surface area contributed by atoms with Gasteiger partial charge in [0.2, 0.25) is 0 Å². The van der Waals surface area contributed by atoms with Crippen molar-refractivity contribution in [3.05, 3.63) is 36.0 Å². The Hall–Kier alpha value is -1.32. The van der Waals surface area contributed by atoms with Gasteiger partial charge in [-0.15, -0.1) is 0 Å². The molecule has 108 valence electrons. The minimum Gasteiger partial charge on any atom is -0.378 e. The van der Waals surface area contributed by atoms with Crippen LogP contribution in [0.4, 0.5) is 0 Å². The molecule has 3 rings (SSSR count). The van der Waals surface area contributed by atoms with Crippen LogP contribution in [0.1, 0.15) is 32.8 Å². The zero-order valence-electron chi connectivity index (χ0n) is 12.6. The topological polar surface area (TPSA) is 37.0 Å². The lowest BCUT2D eigenvalue weighted by molar-refractivity contribution is -0.114. The first kappa shape index (κ1) is 13.7. The van der Waals surface area contributed by atoms with Gasteiger partial charge in [-0.2, -0.15) is 0 Å². The van der Waals surface area contributed by atoms with Crippen LogP contribution in [0.5, 0.6) is 0 Å². The van der Waals surface area contributed by atoms with E-state index >= 15 is 0 Å². The predicted octanol–water partition coefficient (Wildman–Crippen LogP) is 3.46. The third-order valence-electron chi connectivity index (χ3n) is 4.72. The smallest absolute Gasteiger partial charge is 0.0655 e. The minimum atomic E-state index is 0.230. The molecule has 0 aliphatic heterocycles. The number of aromatic nitrogens is 1. The van der Waals surface area contributed by atoms with Crippen molar-refractivity contribution in [1.29, 1.82) is 0 Å². The highest BCUT2D eigenvalue weighted by Crippen LogP contribution is 2.42. The summed E-state index contributed by atoms with van der Waals surface area (Å²) < 4.78 is 5.78. The van der Waals surface area contributed by atoms with E-state index in [9.17, 15) is 0 Å². The number of nitrogens with one attached hydrogen (secondary N) is 2. The zero-order valence-corrected chi connectivity index (χ0v) is 12.6. The summed E-state index contributed by atoms with van der Waals surface area (Å²) in [6, 6.07) is 9.27. The molecule has 2 N–H and O–H groups in total. The van der Waals surface area contributed by atoms with Crippen molar-refractivity contribution in [2.75, 3.05) is 6.61 Å². The third kappa shape index (κ3) is 2.36. The Morgan fingerprint density at radius 2 is 2.20 bits per heavy atom. The van der Waals surface area contributed by atoms with Crippen LogP contribution in [0.15, 0.2) is 30.5 Å². The predicted molar refractivity (Wildman–Crippen MR) is 82.7 cm³/mol. The summed E-state index contributed by atoms with van der Waals surface area (Å²) in [5.41, 5.74) is 2.77. The molecule has 1 heterocycles. The molecule has 2 unspecified atom stereocenters. The maximum atomic E-state index is 5.78. The summed E-state index contributed by atoms with van der Waals surface area (Å²) in [6.07, 6.45) is 3.51. The minimum absolute atomic E-state index is 0.230. The second-order valence-electron chi connectivity index (χ2n) is 6.33. The molecule has 1 aromatic heterocycles. The van der Waals surface area contributed by atoms with Crippen LogP contribution >= 0.6 is 0 Å². The number of H-pyrrole nitrogens is 1. The van der Waals surface area contributed by atoms with Gasteiger partial charge in [0.05, 0.1) is 6.10 Å². The highest BCUT2D eigenvalue weighted by molar-refractivity contribution is 5.79. The summed E-state index contributed by atoms with van der Waals surface area (Å²) in [7, 11) is 0. The molecule has 0 amide bonds. The van der Waals surface area contributed by atoms with Gasteiger partial charge in [-0.05, 0) is 42.5 Å². The van der Waals surface area contributed by atoms with E-state index in [1.807, 2.05) is 6.20 Å². The van der Waals surface area contributed by atoms with Crippen LogP contribution in [-0.2, 0) is 11.3 Å². The molecule has 3 heteroatoms. The Morgan fingerprint density at radius 3 is 2.95 bits per heavy atom. The Bertz CT molecular complexity index is 587. The Morgan fingerprint density at radius 1 is 1.35 bits per heavy atom. The van der Waals surface area contributed by atoms with E-state index in [4.69, 9.17) is 4.74 Å². The van der Waals surface area contributed by atoms with Crippen LogP contribution in [0.2, 0.25) is 0 Å². The van der Waals surface area contributed by atoms with E-state index in [-0.39, 0.29) is 5.41 Å². The first-order valence-corrected chi connectivity index (χ1v) is 7.52. The van der Waals surface area contributed by atoms with Crippen LogP contribution in [0, 0.1) is 5.41 Å². The van der Waals surface area contributed by atoms with Gasteiger partial charge in [0.25, 0.3) is 0 Å². The molecule has 1 fully saturated rings. The van der Waals surface area contributed by atoms with Crippen molar-refractivity contribution < 1.29 is 4.74 Å². The van der Waals surface area contributed by atoms with Crippen molar-refractivity contribution in [1.82, 2.24) is 10.3 Å². The van der Waals surface area contributed by atoms with Crippen molar-refractivity contribution in [2.45, 2.75) is 45.9 Å². The lowest BCUT2D eigenvalue weighted by Gasteiger charge is -2.52. The van der Waals surface area contributed by atoms with Crippen LogP contribution in [-0.4, -0.2) is 23.7 Å². The van der Waals surface area contributed by atoms with E-state index in [0.29, 0.717) is 12.1 Å². The molecule has 0 radical (unpaired) electrons. The number of fused-ring (bicyclic) bond motifs is 1. The first-order valence-electron chi connectivity index (χ1n) is 7.52. The van der Waals surface area contributed by atoms with Gasteiger partial charge in [-0.3, -0.25) is 0 Å². The van der Waals surface area contributed by atoms with Crippen LogP contribution in [0.3, 0.4) is 0 Å². The van der Waals surface area contributed by atoms with Crippen molar-refractivity contribution in [3.63, 3.8) is 0 Å². The molecule has 1 aliphatic rings. The van der Waals surface area contributed by atoms with Gasteiger partial charge in [0.1, 0.15) is 0 Å². The standard InChI is InChI=1S/C17H24N2O/c1-4-20-16-10-15(17(16,2)3)19-11-12-5-6-14-13(9-12)7-8-18-14/h5-9,15-16,18-19H,4,10-11H2,1-3H3. The number of rotatable bonds is 5. The molecule has 0 spiro atoms. The Kier molecular flexibility index (Phi) is 3.57. The molecule has 20 heavy (non-hydrogen) atoms. The average Bonchev–Trinajstić information content (AvgIpc) is 2.89. The maximum Gasteiger partial charge on any atom is 0.0655 e. The fourth-order valence-corrected chi connectivity index (χ4v) is 3.17. The Balaban J connectivity index is 1.60. The van der Waals surface area contributed by atoms with Crippen molar-refractivity contribution in [2.24, 2.45) is 5.41 Å². The van der Waals surface area contributed by atoms with E-state index in [1.165, 1.54) is 16.5 Å². The lowest BCUT2D eigenvalue weighted by atomic mass is 9.64. The molecule has 0 bridgehead atoms. The Labute approximate surface area is 120 Å². The summed E-state index contributed by atoms with van der Waals surface area (Å²) >= 11 is 0. The van der Waals surface area contributed by atoms with E-state index in [2.05, 4.69) is 55.3 Å². The third-order valence-corrected chi connectivity index (χ3v) is 4.72. The number of ether oxygens (including phenoxy) is 1. The molecule has 1 saturated carbocycles. The number of aromatic amines is 1.